The van der Waals surface area contributed by atoms with E-state index < -0.39 is 0 Å². The fraction of sp³-hybridized carbons (Fsp3) is 0.733. The Labute approximate surface area is 134 Å². The summed E-state index contributed by atoms with van der Waals surface area (Å²) in [6, 6.07) is 0.424. The lowest BCUT2D eigenvalue weighted by molar-refractivity contribution is 0.367. The van der Waals surface area contributed by atoms with Gasteiger partial charge >= 0.3 is 0 Å². The molecule has 1 N–H and O–H groups in total. The van der Waals surface area contributed by atoms with Gasteiger partial charge in [-0.05, 0) is 48.8 Å². The summed E-state index contributed by atoms with van der Waals surface area (Å²) in [7, 11) is 3.97. The minimum absolute atomic E-state index is 0.0666. The third-order valence-electron chi connectivity index (χ3n) is 3.91. The van der Waals surface area contributed by atoms with E-state index in [2.05, 4.69) is 33.3 Å². The lowest BCUT2D eigenvalue weighted by Gasteiger charge is -2.19. The van der Waals surface area contributed by atoms with Gasteiger partial charge in [-0.25, -0.2) is 4.68 Å². The molecule has 0 radical (unpaired) electrons. The van der Waals surface area contributed by atoms with E-state index in [4.69, 9.17) is 0 Å². The molecule has 5 nitrogen and oxygen atoms in total. The summed E-state index contributed by atoms with van der Waals surface area (Å²) in [5.74, 6) is 0.870. The van der Waals surface area contributed by atoms with E-state index in [1.165, 1.54) is 23.9 Å². The van der Waals surface area contributed by atoms with Crippen molar-refractivity contribution in [3.63, 3.8) is 0 Å². The first kappa shape index (κ1) is 16.5. The minimum atomic E-state index is -0.0666. The van der Waals surface area contributed by atoms with Gasteiger partial charge in [0.25, 0.3) is 5.56 Å². The number of nitrogens with zero attached hydrogens (tertiary/aromatic N) is 3. The average Bonchev–Trinajstić information content (AvgIpc) is 3.26. The van der Waals surface area contributed by atoms with Crippen molar-refractivity contribution in [3.05, 3.63) is 21.0 Å². The van der Waals surface area contributed by atoms with E-state index in [0.29, 0.717) is 17.1 Å². The lowest BCUT2D eigenvalue weighted by Crippen LogP contribution is -2.30. The van der Waals surface area contributed by atoms with Gasteiger partial charge in [-0.15, -0.1) is 0 Å². The van der Waals surface area contributed by atoms with Gasteiger partial charge in [-0.1, -0.05) is 19.8 Å². The molecule has 118 valence electrons. The number of hydrogen-bond donors (Lipinski definition) is 1. The van der Waals surface area contributed by atoms with E-state index >= 15 is 0 Å². The molecule has 1 aliphatic carbocycles. The van der Waals surface area contributed by atoms with Gasteiger partial charge in [0, 0.05) is 12.6 Å². The highest BCUT2D eigenvalue weighted by atomic mass is 79.9. The van der Waals surface area contributed by atoms with Crippen molar-refractivity contribution in [1.29, 1.82) is 0 Å². The van der Waals surface area contributed by atoms with E-state index in [0.717, 1.165) is 24.6 Å². The molecule has 0 amide bonds. The van der Waals surface area contributed by atoms with Gasteiger partial charge < -0.3 is 10.2 Å². The molecule has 0 spiro atoms. The fourth-order valence-corrected chi connectivity index (χ4v) is 2.74. The predicted molar refractivity (Wildman–Crippen MR) is 89.8 cm³/mol. The minimum Gasteiger partial charge on any atom is -0.380 e. The lowest BCUT2D eigenvalue weighted by atomic mass is 10.1. The maximum absolute atomic E-state index is 12.3. The standard InChI is InChI=1S/C15H25BrN4O/c1-4-12(9-11-5-6-11)18-13-10-17-20(8-7-19(2)3)15(21)14(13)16/h10-12,18H,4-9H2,1-3H3. The molecule has 1 aliphatic rings. The van der Waals surface area contributed by atoms with Crippen LogP contribution in [0.3, 0.4) is 0 Å². The molecule has 0 bridgehead atoms. The first-order valence-corrected chi connectivity index (χ1v) is 8.47. The smallest absolute Gasteiger partial charge is 0.283 e. The van der Waals surface area contributed by atoms with Crippen LogP contribution in [0.5, 0.6) is 0 Å². The normalized spacial score (nSPS) is 16.2. The zero-order valence-electron chi connectivity index (χ0n) is 13.1. The Bertz CT molecular complexity index is 525. The van der Waals surface area contributed by atoms with Crippen LogP contribution in [0, 0.1) is 5.92 Å². The van der Waals surface area contributed by atoms with Crippen molar-refractivity contribution in [1.82, 2.24) is 14.7 Å². The average molecular weight is 357 g/mol. The molecular formula is C15H25BrN4O. The van der Waals surface area contributed by atoms with Crippen LogP contribution in [0.4, 0.5) is 5.69 Å². The Hall–Kier alpha value is -0.880. The van der Waals surface area contributed by atoms with Crippen molar-refractivity contribution in [2.45, 2.75) is 45.2 Å². The Morgan fingerprint density at radius 2 is 2.24 bits per heavy atom. The molecule has 1 heterocycles. The zero-order chi connectivity index (χ0) is 15.4. The maximum Gasteiger partial charge on any atom is 0.283 e. The van der Waals surface area contributed by atoms with Gasteiger partial charge in [-0.3, -0.25) is 4.79 Å². The van der Waals surface area contributed by atoms with Crippen LogP contribution < -0.4 is 10.9 Å². The quantitative estimate of drug-likeness (QED) is 0.777. The highest BCUT2D eigenvalue weighted by Gasteiger charge is 2.25. The summed E-state index contributed by atoms with van der Waals surface area (Å²) >= 11 is 3.43. The highest BCUT2D eigenvalue weighted by Crippen LogP contribution is 2.35. The van der Waals surface area contributed by atoms with Gasteiger partial charge in [0.05, 0.1) is 18.4 Å². The molecule has 1 saturated carbocycles. The molecule has 0 saturated heterocycles. The molecule has 21 heavy (non-hydrogen) atoms. The van der Waals surface area contributed by atoms with Crippen LogP contribution >= 0.6 is 15.9 Å². The predicted octanol–water partition coefficient (Wildman–Crippen LogP) is 2.56. The molecule has 2 rings (SSSR count). The van der Waals surface area contributed by atoms with E-state index in [9.17, 15) is 4.79 Å². The Morgan fingerprint density at radius 1 is 1.52 bits per heavy atom. The summed E-state index contributed by atoms with van der Waals surface area (Å²) in [6.45, 7) is 3.58. The zero-order valence-corrected chi connectivity index (χ0v) is 14.7. The monoisotopic (exact) mass is 356 g/mol. The van der Waals surface area contributed by atoms with E-state index in [1.807, 2.05) is 19.0 Å². The Kier molecular flexibility index (Phi) is 5.81. The topological polar surface area (TPSA) is 50.2 Å². The SMILES string of the molecule is CCC(CC1CC1)Nc1cnn(CCN(C)C)c(=O)c1Br. The van der Waals surface area contributed by atoms with Crippen LogP contribution in [0.1, 0.15) is 32.6 Å². The van der Waals surface area contributed by atoms with Gasteiger partial charge in [0.1, 0.15) is 4.47 Å². The van der Waals surface area contributed by atoms with Crippen LogP contribution in [-0.2, 0) is 6.54 Å². The van der Waals surface area contributed by atoms with Crippen molar-refractivity contribution in [2.24, 2.45) is 5.92 Å². The number of nitrogens with one attached hydrogen (secondary N) is 1. The molecule has 1 atom stereocenters. The van der Waals surface area contributed by atoms with Gasteiger partial charge in [-0.2, -0.15) is 5.10 Å². The number of aromatic nitrogens is 2. The second kappa shape index (κ2) is 7.40. The second-order valence-electron chi connectivity index (χ2n) is 6.13. The van der Waals surface area contributed by atoms with Crippen LogP contribution in [0.15, 0.2) is 15.5 Å². The van der Waals surface area contributed by atoms with Gasteiger partial charge in [0.2, 0.25) is 0 Å². The van der Waals surface area contributed by atoms with E-state index in [1.54, 1.807) is 6.20 Å². The van der Waals surface area contributed by atoms with Gasteiger partial charge in [0.15, 0.2) is 0 Å². The Morgan fingerprint density at radius 3 is 2.81 bits per heavy atom. The van der Waals surface area contributed by atoms with Crippen LogP contribution in [0.25, 0.3) is 0 Å². The fourth-order valence-electron chi connectivity index (χ4n) is 2.32. The third-order valence-corrected chi connectivity index (χ3v) is 4.68. The number of anilines is 1. The molecule has 0 aromatic carbocycles. The summed E-state index contributed by atoms with van der Waals surface area (Å²) in [4.78, 5) is 14.3. The van der Waals surface area contributed by atoms with Crippen molar-refractivity contribution >= 4 is 21.6 Å². The number of hydrogen-bond acceptors (Lipinski definition) is 4. The number of rotatable bonds is 8. The van der Waals surface area contributed by atoms with Crippen LogP contribution in [0.2, 0.25) is 0 Å². The largest absolute Gasteiger partial charge is 0.380 e. The summed E-state index contributed by atoms with van der Waals surface area (Å²) in [5, 5.41) is 7.75. The highest BCUT2D eigenvalue weighted by molar-refractivity contribution is 9.10. The maximum atomic E-state index is 12.3. The van der Waals surface area contributed by atoms with Crippen molar-refractivity contribution in [2.75, 3.05) is 26.0 Å². The van der Waals surface area contributed by atoms with Crippen LogP contribution in [-0.4, -0.2) is 41.4 Å². The summed E-state index contributed by atoms with van der Waals surface area (Å²) < 4.78 is 2.10. The number of halogens is 1. The molecule has 1 aromatic heterocycles. The molecule has 1 unspecified atom stereocenters. The first-order chi connectivity index (χ1) is 10.0. The molecular weight excluding hydrogens is 332 g/mol. The number of likely N-dealkylation sites (N-methyl/N-ethyl adjacent to an activating group) is 1. The first-order valence-electron chi connectivity index (χ1n) is 7.68. The Balaban J connectivity index is 2.06. The molecule has 1 fully saturated rings. The summed E-state index contributed by atoms with van der Waals surface area (Å²) in [5.41, 5.74) is 0.747. The molecule has 1 aromatic rings. The van der Waals surface area contributed by atoms with E-state index in [-0.39, 0.29) is 5.56 Å². The summed E-state index contributed by atoms with van der Waals surface area (Å²) in [6.07, 6.45) is 6.71. The molecule has 0 aliphatic heterocycles. The van der Waals surface area contributed by atoms with Crippen molar-refractivity contribution in [3.8, 4) is 0 Å². The second-order valence-corrected chi connectivity index (χ2v) is 6.93. The van der Waals surface area contributed by atoms with Crippen molar-refractivity contribution < 1.29 is 0 Å². The molecule has 6 heteroatoms. The third kappa shape index (κ3) is 4.81.